The third-order valence-electron chi connectivity index (χ3n) is 4.48. The summed E-state index contributed by atoms with van der Waals surface area (Å²) in [6.45, 7) is 1.25. The molecule has 2 aromatic carbocycles. The van der Waals surface area contributed by atoms with Gasteiger partial charge in [-0.2, -0.15) is 0 Å². The van der Waals surface area contributed by atoms with Crippen molar-refractivity contribution in [3.8, 4) is 0 Å². The van der Waals surface area contributed by atoms with Crippen LogP contribution < -0.4 is 5.32 Å². The average molecular weight is 368 g/mol. The summed E-state index contributed by atoms with van der Waals surface area (Å²) in [5, 5.41) is 4.84. The third kappa shape index (κ3) is 4.53. The number of pyridine rings is 1. The van der Waals surface area contributed by atoms with Gasteiger partial charge in [-0.3, -0.25) is 4.98 Å². The molecule has 0 unspecified atom stereocenters. The molecule has 4 heteroatoms. The molecule has 4 rings (SSSR count). The number of benzene rings is 2. The van der Waals surface area contributed by atoms with E-state index in [9.17, 15) is 0 Å². The Morgan fingerprint density at radius 3 is 2.14 bits per heavy atom. The topological polar surface area (TPSA) is 48.6 Å². The Morgan fingerprint density at radius 1 is 0.750 bits per heavy atom. The molecule has 0 saturated heterocycles. The van der Waals surface area contributed by atoms with E-state index >= 15 is 0 Å². The molecule has 3 aromatic rings. The van der Waals surface area contributed by atoms with E-state index in [1.807, 2.05) is 54.7 Å². The normalized spacial score (nSPS) is 13.4. The van der Waals surface area contributed by atoms with Gasteiger partial charge in [0.15, 0.2) is 0 Å². The van der Waals surface area contributed by atoms with Crippen molar-refractivity contribution in [1.29, 1.82) is 0 Å². The van der Waals surface area contributed by atoms with Crippen LogP contribution in [0.3, 0.4) is 0 Å². The van der Waals surface area contributed by atoms with Crippen LogP contribution in [0.15, 0.2) is 90.2 Å². The molecule has 1 radical (unpaired) electrons. The monoisotopic (exact) mass is 368 g/mol. The van der Waals surface area contributed by atoms with Gasteiger partial charge in [-0.05, 0) is 18.1 Å². The Balaban J connectivity index is 1.38. The van der Waals surface area contributed by atoms with Crippen molar-refractivity contribution in [2.24, 2.45) is 4.99 Å². The fraction of sp³-hybridized carbons (Fsp3) is 0.167. The summed E-state index contributed by atoms with van der Waals surface area (Å²) in [6, 6.07) is 24.4. The van der Waals surface area contributed by atoms with Gasteiger partial charge in [-0.25, -0.2) is 10.3 Å². The molecule has 139 valence electrons. The van der Waals surface area contributed by atoms with Gasteiger partial charge in [0.2, 0.25) is 0 Å². The zero-order valence-corrected chi connectivity index (χ0v) is 15.7. The second-order valence-electron chi connectivity index (χ2n) is 6.59. The van der Waals surface area contributed by atoms with Crippen molar-refractivity contribution >= 4 is 17.2 Å². The molecule has 0 amide bonds. The summed E-state index contributed by atoms with van der Waals surface area (Å²) in [5.74, 6) is 0.864. The molecular formula is C24H22N3O. The van der Waals surface area contributed by atoms with Gasteiger partial charge in [0.05, 0.1) is 18.0 Å². The Morgan fingerprint density at radius 2 is 1.46 bits per heavy atom. The lowest BCUT2D eigenvalue weighted by molar-refractivity contribution is 0.119. The average Bonchev–Trinajstić information content (AvgIpc) is 3.20. The maximum Gasteiger partial charge on any atom is 0.129 e. The minimum absolute atomic E-state index is 0.584. The lowest BCUT2D eigenvalue weighted by atomic mass is 10.1. The minimum Gasteiger partial charge on any atom is -0.377 e. The van der Waals surface area contributed by atoms with Crippen LogP contribution in [0.4, 0.5) is 0 Å². The summed E-state index contributed by atoms with van der Waals surface area (Å²) < 4.78 is 5.75. The molecule has 28 heavy (non-hydrogen) atoms. The van der Waals surface area contributed by atoms with Gasteiger partial charge in [0.25, 0.3) is 0 Å². The van der Waals surface area contributed by atoms with E-state index in [0.717, 1.165) is 46.8 Å². The van der Waals surface area contributed by atoms with Crippen molar-refractivity contribution in [2.45, 2.75) is 19.4 Å². The molecule has 4 nitrogen and oxygen atoms in total. The van der Waals surface area contributed by atoms with Crippen molar-refractivity contribution in [3.05, 3.63) is 102 Å². The van der Waals surface area contributed by atoms with E-state index in [2.05, 4.69) is 29.2 Å². The first-order valence-electron chi connectivity index (χ1n) is 9.51. The van der Waals surface area contributed by atoms with Crippen LogP contribution >= 0.6 is 0 Å². The highest BCUT2D eigenvalue weighted by Gasteiger charge is 2.21. The molecule has 1 aromatic heterocycles. The van der Waals surface area contributed by atoms with Crippen molar-refractivity contribution < 1.29 is 4.74 Å². The standard InChI is InChI=1S/C24H22N3O/c1-3-10-20(11-4-1)23-24(21-12-5-2-6-13-21)27-22(26-23)14-8-16-28-18-19-9-7-15-25-17-19/h1-7,9-13,15,17H,8,14,16,18H2. The first kappa shape index (κ1) is 18.1. The van der Waals surface area contributed by atoms with Crippen LogP contribution in [0.1, 0.15) is 29.5 Å². The fourth-order valence-corrected chi connectivity index (χ4v) is 3.10. The van der Waals surface area contributed by atoms with Gasteiger partial charge in [0, 0.05) is 36.5 Å². The van der Waals surface area contributed by atoms with E-state index in [1.54, 1.807) is 6.20 Å². The number of hydrogen-bond acceptors (Lipinski definition) is 3. The molecule has 0 atom stereocenters. The van der Waals surface area contributed by atoms with E-state index in [1.165, 1.54) is 0 Å². The van der Waals surface area contributed by atoms with Gasteiger partial charge in [0.1, 0.15) is 5.84 Å². The van der Waals surface area contributed by atoms with E-state index < -0.39 is 0 Å². The molecule has 0 saturated carbocycles. The van der Waals surface area contributed by atoms with Crippen molar-refractivity contribution in [3.63, 3.8) is 0 Å². The molecule has 0 bridgehead atoms. The Bertz CT molecular complexity index is 951. The summed E-state index contributed by atoms with van der Waals surface area (Å²) in [7, 11) is 0. The predicted octanol–water partition coefficient (Wildman–Crippen LogP) is 4.92. The molecule has 1 aliphatic heterocycles. The predicted molar refractivity (Wildman–Crippen MR) is 112 cm³/mol. The molecule has 0 spiro atoms. The zero-order chi connectivity index (χ0) is 19.0. The van der Waals surface area contributed by atoms with Crippen LogP contribution in [0.25, 0.3) is 11.4 Å². The number of aliphatic imine (C=N–C) groups is 1. The number of ether oxygens (including phenoxy) is 1. The summed E-state index contributed by atoms with van der Waals surface area (Å²) in [6.07, 6.45) is 5.27. The van der Waals surface area contributed by atoms with Gasteiger partial charge >= 0.3 is 0 Å². The maximum atomic E-state index is 5.75. The quantitative estimate of drug-likeness (QED) is 0.530. The highest BCUT2D eigenvalue weighted by atomic mass is 16.5. The fourth-order valence-electron chi connectivity index (χ4n) is 3.10. The summed E-state index contributed by atoms with van der Waals surface area (Å²) in [4.78, 5) is 8.94. The Hall–Kier alpha value is -3.24. The Labute approximate surface area is 165 Å². The summed E-state index contributed by atoms with van der Waals surface area (Å²) in [5.41, 5.74) is 5.15. The van der Waals surface area contributed by atoms with Gasteiger partial charge in [-0.1, -0.05) is 66.7 Å². The number of nitrogens with zero attached hydrogens (tertiary/aromatic N) is 3. The molecular weight excluding hydrogens is 346 g/mol. The van der Waals surface area contributed by atoms with Crippen LogP contribution in [-0.2, 0) is 11.3 Å². The smallest absolute Gasteiger partial charge is 0.129 e. The highest BCUT2D eigenvalue weighted by Crippen LogP contribution is 2.31. The lowest BCUT2D eigenvalue weighted by Gasteiger charge is -2.06. The van der Waals surface area contributed by atoms with E-state index in [0.29, 0.717) is 13.2 Å². The van der Waals surface area contributed by atoms with Gasteiger partial charge in [-0.15, -0.1) is 0 Å². The molecule has 0 N–H and O–H groups in total. The Kier molecular flexibility index (Phi) is 5.90. The molecule has 2 heterocycles. The number of amidine groups is 1. The van der Waals surface area contributed by atoms with Crippen LogP contribution in [0, 0.1) is 0 Å². The third-order valence-corrected chi connectivity index (χ3v) is 4.48. The zero-order valence-electron chi connectivity index (χ0n) is 15.7. The van der Waals surface area contributed by atoms with E-state index in [4.69, 9.17) is 15.0 Å². The van der Waals surface area contributed by atoms with E-state index in [-0.39, 0.29) is 0 Å². The number of aromatic nitrogens is 1. The molecule has 0 fully saturated rings. The number of hydrogen-bond donors (Lipinski definition) is 0. The highest BCUT2D eigenvalue weighted by molar-refractivity contribution is 6.07. The van der Waals surface area contributed by atoms with Crippen LogP contribution in [-0.4, -0.2) is 17.4 Å². The van der Waals surface area contributed by atoms with Gasteiger partial charge < -0.3 is 4.74 Å². The largest absolute Gasteiger partial charge is 0.377 e. The molecule has 0 aliphatic carbocycles. The SMILES string of the molecule is c1ccc(C2=C(c3ccccc3)N=C(CCCOCc3cccnc3)[N]2)cc1. The first-order chi connectivity index (χ1) is 13.9. The maximum absolute atomic E-state index is 5.75. The van der Waals surface area contributed by atoms with Crippen LogP contribution in [0.2, 0.25) is 0 Å². The van der Waals surface area contributed by atoms with Crippen molar-refractivity contribution in [2.75, 3.05) is 6.61 Å². The minimum atomic E-state index is 0.584. The van der Waals surface area contributed by atoms with Crippen molar-refractivity contribution in [1.82, 2.24) is 10.3 Å². The molecule has 1 aliphatic rings. The first-order valence-corrected chi connectivity index (χ1v) is 9.51. The second-order valence-corrected chi connectivity index (χ2v) is 6.59. The summed E-state index contributed by atoms with van der Waals surface area (Å²) >= 11 is 0. The number of rotatable bonds is 8. The second kappa shape index (κ2) is 9.11. The lowest BCUT2D eigenvalue weighted by Crippen LogP contribution is -2.11. The van der Waals surface area contributed by atoms with Crippen LogP contribution in [0.5, 0.6) is 0 Å².